The lowest BCUT2D eigenvalue weighted by Crippen LogP contribution is -2.36. The predicted molar refractivity (Wildman–Crippen MR) is 120 cm³/mol. The zero-order valence-electron chi connectivity index (χ0n) is 15.9. The van der Waals surface area contributed by atoms with Crippen molar-refractivity contribution >= 4 is 52.2 Å². The largest absolute Gasteiger partial charge is 0.459 e. The van der Waals surface area contributed by atoms with Crippen LogP contribution in [-0.2, 0) is 13.1 Å². The summed E-state index contributed by atoms with van der Waals surface area (Å²) in [6.45, 7) is 9.80. The molecule has 2 aromatic heterocycles. The van der Waals surface area contributed by atoms with Crippen LogP contribution in [-0.4, -0.2) is 17.5 Å². The fourth-order valence-corrected chi connectivity index (χ4v) is 3.67. The van der Waals surface area contributed by atoms with Crippen LogP contribution >= 0.6 is 35.3 Å². The molecule has 0 atom stereocenters. The van der Waals surface area contributed by atoms with Crippen LogP contribution in [0, 0.1) is 26.6 Å². The number of nitrogens with zero attached hydrogens (tertiary/aromatic N) is 2. The molecule has 0 aliphatic carbocycles. The van der Waals surface area contributed by atoms with E-state index in [9.17, 15) is 4.39 Å². The number of nitrogens with one attached hydrogen (secondary N) is 2. The molecule has 27 heavy (non-hydrogen) atoms. The van der Waals surface area contributed by atoms with Crippen LogP contribution in [0.3, 0.4) is 0 Å². The number of aryl methyl sites for hydroxylation is 3. The Labute approximate surface area is 179 Å². The number of hydrogen-bond acceptors (Lipinski definition) is 4. The Bertz CT molecular complexity index is 951. The lowest BCUT2D eigenvalue weighted by atomic mass is 10.1. The SMILES string of the molecule is CCNC(=NCc1oc2ccc(F)cc2c1C)NCc1sc(C)nc1C.I. The van der Waals surface area contributed by atoms with Crippen molar-refractivity contribution in [3.63, 3.8) is 0 Å². The van der Waals surface area contributed by atoms with Gasteiger partial charge in [0.25, 0.3) is 0 Å². The fraction of sp³-hybridized carbons (Fsp3) is 0.368. The van der Waals surface area contributed by atoms with Crippen LogP contribution in [0.1, 0.15) is 33.8 Å². The number of aromatic nitrogens is 1. The molecule has 5 nitrogen and oxygen atoms in total. The molecular formula is C19H24FIN4OS. The molecular weight excluding hydrogens is 478 g/mol. The number of furan rings is 1. The van der Waals surface area contributed by atoms with E-state index in [1.807, 2.05) is 27.7 Å². The molecule has 3 rings (SSSR count). The van der Waals surface area contributed by atoms with E-state index >= 15 is 0 Å². The van der Waals surface area contributed by atoms with Gasteiger partial charge in [-0.2, -0.15) is 0 Å². The minimum absolute atomic E-state index is 0. The molecule has 0 amide bonds. The van der Waals surface area contributed by atoms with E-state index in [2.05, 4.69) is 20.6 Å². The van der Waals surface area contributed by atoms with E-state index < -0.39 is 0 Å². The molecule has 0 aliphatic heterocycles. The molecule has 0 unspecified atom stereocenters. The van der Waals surface area contributed by atoms with Gasteiger partial charge in [-0.25, -0.2) is 14.4 Å². The van der Waals surface area contributed by atoms with Crippen LogP contribution in [0.5, 0.6) is 0 Å². The number of rotatable bonds is 5. The van der Waals surface area contributed by atoms with E-state index in [-0.39, 0.29) is 29.8 Å². The highest BCUT2D eigenvalue weighted by Gasteiger charge is 2.11. The third-order valence-electron chi connectivity index (χ3n) is 4.14. The molecule has 8 heteroatoms. The van der Waals surface area contributed by atoms with Crippen LogP contribution in [0.4, 0.5) is 4.39 Å². The summed E-state index contributed by atoms with van der Waals surface area (Å²) in [6, 6.07) is 4.56. The highest BCUT2D eigenvalue weighted by molar-refractivity contribution is 14.0. The third kappa shape index (κ3) is 5.19. The summed E-state index contributed by atoms with van der Waals surface area (Å²) in [4.78, 5) is 10.2. The topological polar surface area (TPSA) is 62.5 Å². The number of guanidine groups is 1. The number of aliphatic imine (C=N–C) groups is 1. The number of hydrogen-bond donors (Lipinski definition) is 2. The molecule has 0 saturated heterocycles. The zero-order valence-corrected chi connectivity index (χ0v) is 19.0. The summed E-state index contributed by atoms with van der Waals surface area (Å²) < 4.78 is 19.3. The number of benzene rings is 1. The van der Waals surface area contributed by atoms with Crippen molar-refractivity contribution in [3.05, 3.63) is 50.9 Å². The first-order valence-corrected chi connectivity index (χ1v) is 9.42. The summed E-state index contributed by atoms with van der Waals surface area (Å²) in [5.41, 5.74) is 2.65. The summed E-state index contributed by atoms with van der Waals surface area (Å²) in [7, 11) is 0. The lowest BCUT2D eigenvalue weighted by Gasteiger charge is -2.10. The highest BCUT2D eigenvalue weighted by atomic mass is 127. The average molecular weight is 502 g/mol. The molecule has 146 valence electrons. The second kappa shape index (κ2) is 9.50. The second-order valence-electron chi connectivity index (χ2n) is 6.08. The monoisotopic (exact) mass is 502 g/mol. The van der Waals surface area contributed by atoms with Crippen molar-refractivity contribution in [3.8, 4) is 0 Å². The standard InChI is InChI=1S/C19H23FN4OS.HI/c1-5-21-19(23-10-18-12(3)24-13(4)26-18)22-9-17-11(2)15-8-14(20)6-7-16(15)25-17;/h6-8H,5,9-10H2,1-4H3,(H2,21,22,23);1H. The van der Waals surface area contributed by atoms with Gasteiger partial charge in [0.05, 0.1) is 17.2 Å². The maximum Gasteiger partial charge on any atom is 0.191 e. The number of halogens is 2. The van der Waals surface area contributed by atoms with Crippen LogP contribution in [0.25, 0.3) is 11.0 Å². The maximum atomic E-state index is 13.4. The number of fused-ring (bicyclic) bond motifs is 1. The minimum atomic E-state index is -0.262. The van der Waals surface area contributed by atoms with Crippen molar-refractivity contribution in [1.29, 1.82) is 0 Å². The first-order valence-electron chi connectivity index (χ1n) is 8.60. The highest BCUT2D eigenvalue weighted by Crippen LogP contribution is 2.26. The molecule has 0 fully saturated rings. The van der Waals surface area contributed by atoms with Gasteiger partial charge in [0.2, 0.25) is 0 Å². The van der Waals surface area contributed by atoms with Gasteiger partial charge >= 0.3 is 0 Å². The Balaban J connectivity index is 0.00000261. The normalized spacial score (nSPS) is 11.5. The van der Waals surface area contributed by atoms with Gasteiger partial charge in [-0.15, -0.1) is 35.3 Å². The van der Waals surface area contributed by atoms with Crippen molar-refractivity contribution in [2.75, 3.05) is 6.54 Å². The van der Waals surface area contributed by atoms with E-state index in [0.29, 0.717) is 24.6 Å². The van der Waals surface area contributed by atoms with Gasteiger partial charge in [-0.3, -0.25) is 0 Å². The predicted octanol–water partition coefficient (Wildman–Crippen LogP) is 4.83. The van der Waals surface area contributed by atoms with Crippen molar-refractivity contribution in [1.82, 2.24) is 15.6 Å². The zero-order chi connectivity index (χ0) is 18.7. The molecule has 3 aromatic rings. The molecule has 0 saturated carbocycles. The van der Waals surface area contributed by atoms with Gasteiger partial charge in [0, 0.05) is 22.4 Å². The van der Waals surface area contributed by atoms with Gasteiger partial charge < -0.3 is 15.1 Å². The van der Waals surface area contributed by atoms with E-state index in [1.165, 1.54) is 17.0 Å². The summed E-state index contributed by atoms with van der Waals surface area (Å²) in [5.74, 6) is 1.19. The Kier molecular flexibility index (Phi) is 7.60. The van der Waals surface area contributed by atoms with Crippen LogP contribution in [0.2, 0.25) is 0 Å². The van der Waals surface area contributed by atoms with Gasteiger partial charge in [0.1, 0.15) is 23.7 Å². The molecule has 0 spiro atoms. The molecule has 0 radical (unpaired) electrons. The van der Waals surface area contributed by atoms with Gasteiger partial charge in [-0.05, 0) is 45.9 Å². The Hall–Kier alpha value is -1.68. The lowest BCUT2D eigenvalue weighted by molar-refractivity contribution is 0.547. The fourth-order valence-electron chi connectivity index (χ4n) is 2.79. The first-order chi connectivity index (χ1) is 12.5. The molecule has 2 heterocycles. The smallest absolute Gasteiger partial charge is 0.191 e. The van der Waals surface area contributed by atoms with Crippen molar-refractivity contribution in [2.24, 2.45) is 4.99 Å². The van der Waals surface area contributed by atoms with E-state index in [0.717, 1.165) is 34.0 Å². The van der Waals surface area contributed by atoms with E-state index in [4.69, 9.17) is 4.42 Å². The molecule has 2 N–H and O–H groups in total. The van der Waals surface area contributed by atoms with Crippen molar-refractivity contribution in [2.45, 2.75) is 40.8 Å². The number of thiazole rings is 1. The molecule has 0 aliphatic rings. The quantitative estimate of drug-likeness (QED) is 0.298. The molecule has 1 aromatic carbocycles. The Morgan fingerprint density at radius 1 is 1.26 bits per heavy atom. The van der Waals surface area contributed by atoms with Gasteiger partial charge in [0.15, 0.2) is 5.96 Å². The summed E-state index contributed by atoms with van der Waals surface area (Å²) >= 11 is 1.69. The Morgan fingerprint density at radius 3 is 2.70 bits per heavy atom. The molecule has 0 bridgehead atoms. The first kappa shape index (κ1) is 21.6. The minimum Gasteiger partial charge on any atom is -0.459 e. The van der Waals surface area contributed by atoms with Crippen molar-refractivity contribution < 1.29 is 8.81 Å². The second-order valence-corrected chi connectivity index (χ2v) is 7.37. The average Bonchev–Trinajstić information content (AvgIpc) is 3.09. The van der Waals surface area contributed by atoms with Crippen LogP contribution < -0.4 is 10.6 Å². The van der Waals surface area contributed by atoms with Gasteiger partial charge in [-0.1, -0.05) is 0 Å². The van der Waals surface area contributed by atoms with E-state index in [1.54, 1.807) is 17.4 Å². The Morgan fingerprint density at radius 2 is 2.04 bits per heavy atom. The summed E-state index contributed by atoms with van der Waals surface area (Å²) in [6.07, 6.45) is 0. The van der Waals surface area contributed by atoms with Crippen LogP contribution in [0.15, 0.2) is 27.6 Å². The maximum absolute atomic E-state index is 13.4. The summed E-state index contributed by atoms with van der Waals surface area (Å²) in [5, 5.41) is 8.42. The third-order valence-corrected chi connectivity index (χ3v) is 5.21.